The van der Waals surface area contributed by atoms with Gasteiger partial charge in [0.15, 0.2) is 11.9 Å². The summed E-state index contributed by atoms with van der Waals surface area (Å²) in [5.74, 6) is 0.389. The zero-order valence-corrected chi connectivity index (χ0v) is 18.9. The Labute approximate surface area is 188 Å². The Morgan fingerprint density at radius 3 is 2.32 bits per heavy atom. The summed E-state index contributed by atoms with van der Waals surface area (Å²) >= 11 is 6.13. The van der Waals surface area contributed by atoms with Crippen molar-refractivity contribution in [3.63, 3.8) is 0 Å². The number of aryl methyl sites for hydroxylation is 1. The van der Waals surface area contributed by atoms with Gasteiger partial charge in [0.2, 0.25) is 0 Å². The van der Waals surface area contributed by atoms with E-state index < -0.39 is 6.10 Å². The van der Waals surface area contributed by atoms with Gasteiger partial charge in [0.05, 0.1) is 5.69 Å². The van der Waals surface area contributed by atoms with Crippen molar-refractivity contribution < 1.29 is 14.3 Å². The predicted molar refractivity (Wildman–Crippen MR) is 125 cm³/mol. The van der Waals surface area contributed by atoms with Crippen molar-refractivity contribution in [3.8, 4) is 5.75 Å². The van der Waals surface area contributed by atoms with Gasteiger partial charge >= 0.3 is 0 Å². The third-order valence-corrected chi connectivity index (χ3v) is 5.22. The number of nitrogens with one attached hydrogen (secondary N) is 1. The van der Waals surface area contributed by atoms with E-state index in [0.29, 0.717) is 27.6 Å². The summed E-state index contributed by atoms with van der Waals surface area (Å²) in [6.07, 6.45) is -0.755. The molecule has 0 saturated carbocycles. The molecule has 0 spiro atoms. The molecule has 1 amide bonds. The second-order valence-corrected chi connectivity index (χ2v) is 8.27. The maximum Gasteiger partial charge on any atom is 0.265 e. The number of halogens is 1. The molecule has 0 unspecified atom stereocenters. The predicted octanol–water partition coefficient (Wildman–Crippen LogP) is 6.41. The Kier molecular flexibility index (Phi) is 7.13. The number of ketones is 1. The molecule has 0 fully saturated rings. The minimum absolute atomic E-state index is 0.215. The first-order valence-electron chi connectivity index (χ1n) is 10.2. The zero-order valence-electron chi connectivity index (χ0n) is 18.1. The van der Waals surface area contributed by atoms with Crippen molar-refractivity contribution in [2.24, 2.45) is 0 Å². The second kappa shape index (κ2) is 9.80. The van der Waals surface area contributed by atoms with Crippen molar-refractivity contribution in [2.75, 3.05) is 5.32 Å². The Balaban J connectivity index is 1.83. The Morgan fingerprint density at radius 1 is 0.935 bits per heavy atom. The molecule has 160 valence electrons. The Morgan fingerprint density at radius 2 is 1.65 bits per heavy atom. The van der Waals surface area contributed by atoms with E-state index in [1.807, 2.05) is 31.2 Å². The van der Waals surface area contributed by atoms with E-state index in [1.54, 1.807) is 49.4 Å². The van der Waals surface area contributed by atoms with Crippen LogP contribution in [-0.4, -0.2) is 17.8 Å². The molecule has 3 aromatic carbocycles. The minimum Gasteiger partial charge on any atom is -0.481 e. The molecule has 0 aromatic heterocycles. The van der Waals surface area contributed by atoms with E-state index in [4.69, 9.17) is 16.3 Å². The summed E-state index contributed by atoms with van der Waals surface area (Å²) < 4.78 is 6.01. The van der Waals surface area contributed by atoms with Crippen molar-refractivity contribution in [2.45, 2.75) is 39.7 Å². The summed E-state index contributed by atoms with van der Waals surface area (Å²) in [6, 6.07) is 19.7. The van der Waals surface area contributed by atoms with Crippen molar-refractivity contribution in [3.05, 3.63) is 94.0 Å². The molecule has 1 atom stereocenters. The molecule has 0 bridgehead atoms. The average Bonchev–Trinajstić information content (AvgIpc) is 2.74. The van der Waals surface area contributed by atoms with Crippen LogP contribution in [0.2, 0.25) is 5.02 Å². The number of hydrogen-bond acceptors (Lipinski definition) is 3. The summed E-state index contributed by atoms with van der Waals surface area (Å²) in [7, 11) is 0. The summed E-state index contributed by atoms with van der Waals surface area (Å²) in [5.41, 5.74) is 3.34. The van der Waals surface area contributed by atoms with E-state index in [2.05, 4.69) is 19.2 Å². The summed E-state index contributed by atoms with van der Waals surface area (Å²) in [4.78, 5) is 25.9. The van der Waals surface area contributed by atoms with Crippen molar-refractivity contribution in [1.82, 2.24) is 0 Å². The Bertz CT molecular complexity index is 1090. The van der Waals surface area contributed by atoms with Gasteiger partial charge in [-0.2, -0.15) is 0 Å². The van der Waals surface area contributed by atoms with E-state index in [1.165, 1.54) is 0 Å². The highest BCUT2D eigenvalue weighted by Gasteiger charge is 2.21. The molecule has 1 N–H and O–H groups in total. The standard InChI is InChI=1S/C26H26ClNO3/c1-16(2)21-12-10-17(3)14-24(21)31-18(4)26(30)28-23-13-11-20(27)15-22(23)25(29)19-8-6-5-7-9-19/h5-16,18H,1-4H3,(H,28,30)/t18-/m1/s1. The van der Waals surface area contributed by atoms with Crippen LogP contribution in [0.5, 0.6) is 5.75 Å². The van der Waals surface area contributed by atoms with Crippen molar-refractivity contribution >= 4 is 29.0 Å². The number of ether oxygens (including phenoxy) is 1. The van der Waals surface area contributed by atoms with Gasteiger partial charge in [0.25, 0.3) is 5.91 Å². The number of benzene rings is 3. The molecule has 4 nitrogen and oxygen atoms in total. The number of carbonyl (C=O) groups excluding carboxylic acids is 2. The van der Waals surface area contributed by atoms with E-state index in [0.717, 1.165) is 11.1 Å². The SMILES string of the molecule is Cc1ccc(C(C)C)c(O[C@H](C)C(=O)Nc2ccc(Cl)cc2C(=O)c2ccccc2)c1. The van der Waals surface area contributed by atoms with E-state index in [-0.39, 0.29) is 17.6 Å². The molecule has 0 heterocycles. The number of carbonyl (C=O) groups is 2. The Hall–Kier alpha value is -3.11. The van der Waals surface area contributed by atoms with Crippen LogP contribution < -0.4 is 10.1 Å². The second-order valence-electron chi connectivity index (χ2n) is 7.83. The van der Waals surface area contributed by atoms with Gasteiger partial charge in [0, 0.05) is 16.1 Å². The minimum atomic E-state index is -0.755. The largest absolute Gasteiger partial charge is 0.481 e. The number of rotatable bonds is 7. The normalized spacial score (nSPS) is 11.8. The van der Waals surface area contributed by atoms with E-state index in [9.17, 15) is 9.59 Å². The van der Waals surface area contributed by atoms with Gasteiger partial charge in [-0.3, -0.25) is 9.59 Å². The third kappa shape index (κ3) is 5.53. The third-order valence-electron chi connectivity index (χ3n) is 4.98. The van der Waals surface area contributed by atoms with Crippen LogP contribution in [-0.2, 0) is 4.79 Å². The number of hydrogen-bond donors (Lipinski definition) is 1. The molecular formula is C26H26ClNO3. The first kappa shape index (κ1) is 22.6. The lowest BCUT2D eigenvalue weighted by Crippen LogP contribution is -2.31. The van der Waals surface area contributed by atoms with Gasteiger partial charge in [-0.1, -0.05) is 67.9 Å². The molecule has 0 radical (unpaired) electrons. The van der Waals surface area contributed by atoms with Crippen LogP contribution in [0.1, 0.15) is 53.7 Å². The number of anilines is 1. The average molecular weight is 436 g/mol. The van der Waals surface area contributed by atoms with Gasteiger partial charge in [-0.25, -0.2) is 0 Å². The fraction of sp³-hybridized carbons (Fsp3) is 0.231. The van der Waals surface area contributed by atoms with Crippen LogP contribution in [0.3, 0.4) is 0 Å². The van der Waals surface area contributed by atoms with Crippen LogP contribution >= 0.6 is 11.6 Å². The molecule has 3 aromatic rings. The van der Waals surface area contributed by atoms with Crippen LogP contribution in [0.4, 0.5) is 5.69 Å². The first-order chi connectivity index (χ1) is 14.8. The monoisotopic (exact) mass is 435 g/mol. The topological polar surface area (TPSA) is 55.4 Å². The number of amides is 1. The fourth-order valence-electron chi connectivity index (χ4n) is 3.26. The molecule has 0 aliphatic heterocycles. The van der Waals surface area contributed by atoms with Gasteiger partial charge < -0.3 is 10.1 Å². The van der Waals surface area contributed by atoms with Gasteiger partial charge in [0.1, 0.15) is 5.75 Å². The first-order valence-corrected chi connectivity index (χ1v) is 10.6. The van der Waals surface area contributed by atoms with Crippen LogP contribution in [0, 0.1) is 6.92 Å². The molecule has 0 aliphatic rings. The summed E-state index contributed by atoms with van der Waals surface area (Å²) in [6.45, 7) is 7.84. The van der Waals surface area contributed by atoms with Gasteiger partial charge in [-0.05, 0) is 55.2 Å². The van der Waals surface area contributed by atoms with Crippen molar-refractivity contribution in [1.29, 1.82) is 0 Å². The smallest absolute Gasteiger partial charge is 0.265 e. The highest BCUT2D eigenvalue weighted by Crippen LogP contribution is 2.29. The lowest BCUT2D eigenvalue weighted by atomic mass is 10.0. The molecular weight excluding hydrogens is 410 g/mol. The maximum atomic E-state index is 13.0. The van der Waals surface area contributed by atoms with Crippen LogP contribution in [0.15, 0.2) is 66.7 Å². The quantitative estimate of drug-likeness (QED) is 0.436. The van der Waals surface area contributed by atoms with Crippen LogP contribution in [0.25, 0.3) is 0 Å². The zero-order chi connectivity index (χ0) is 22.5. The lowest BCUT2D eigenvalue weighted by molar-refractivity contribution is -0.122. The molecule has 5 heteroatoms. The lowest BCUT2D eigenvalue weighted by Gasteiger charge is -2.20. The maximum absolute atomic E-state index is 13.0. The highest BCUT2D eigenvalue weighted by atomic mass is 35.5. The molecule has 0 aliphatic carbocycles. The van der Waals surface area contributed by atoms with E-state index >= 15 is 0 Å². The highest BCUT2D eigenvalue weighted by molar-refractivity contribution is 6.31. The molecule has 3 rings (SSSR count). The summed E-state index contributed by atoms with van der Waals surface area (Å²) in [5, 5.41) is 3.25. The van der Waals surface area contributed by atoms with Gasteiger partial charge in [-0.15, -0.1) is 0 Å². The fourth-order valence-corrected chi connectivity index (χ4v) is 3.43. The molecule has 0 saturated heterocycles. The molecule has 31 heavy (non-hydrogen) atoms.